The summed E-state index contributed by atoms with van der Waals surface area (Å²) in [6, 6.07) is 7.14. The number of aliphatic hydroxyl groups is 1. The van der Waals surface area contributed by atoms with Crippen molar-refractivity contribution in [2.75, 3.05) is 6.54 Å². The highest BCUT2D eigenvalue weighted by molar-refractivity contribution is 5.77. The molecule has 0 saturated carbocycles. The van der Waals surface area contributed by atoms with Gasteiger partial charge in [0, 0.05) is 25.6 Å². The highest BCUT2D eigenvalue weighted by atomic mass is 16.4. The molecule has 22 heavy (non-hydrogen) atoms. The molecule has 1 aromatic heterocycles. The third kappa shape index (κ3) is 3.57. The van der Waals surface area contributed by atoms with Crippen molar-refractivity contribution in [1.82, 2.24) is 9.47 Å². The monoisotopic (exact) mass is 306 g/mol. The van der Waals surface area contributed by atoms with E-state index in [9.17, 15) is 14.7 Å². The van der Waals surface area contributed by atoms with E-state index in [-0.39, 0.29) is 31.5 Å². The van der Waals surface area contributed by atoms with Gasteiger partial charge in [0.15, 0.2) is 5.58 Å². The summed E-state index contributed by atoms with van der Waals surface area (Å²) in [5.74, 6) is -0.547. The molecule has 1 heterocycles. The molecule has 120 valence electrons. The first-order valence-electron chi connectivity index (χ1n) is 7.46. The fraction of sp³-hybridized carbons (Fsp3) is 0.500. The molecule has 1 amide bonds. The van der Waals surface area contributed by atoms with Crippen LogP contribution in [0, 0.1) is 0 Å². The molecule has 2 aromatic rings. The van der Waals surface area contributed by atoms with Gasteiger partial charge >= 0.3 is 5.76 Å². The maximum Gasteiger partial charge on any atom is 0.419 e. The van der Waals surface area contributed by atoms with Crippen LogP contribution in [0.25, 0.3) is 11.1 Å². The Balaban J connectivity index is 2.12. The summed E-state index contributed by atoms with van der Waals surface area (Å²) in [7, 11) is 0. The number of para-hydroxylation sites is 2. The van der Waals surface area contributed by atoms with E-state index in [2.05, 4.69) is 0 Å². The summed E-state index contributed by atoms with van der Waals surface area (Å²) in [6.45, 7) is 6.01. The van der Waals surface area contributed by atoms with Crippen molar-refractivity contribution in [3.05, 3.63) is 34.8 Å². The van der Waals surface area contributed by atoms with Crippen molar-refractivity contribution in [2.45, 2.75) is 45.9 Å². The van der Waals surface area contributed by atoms with Crippen LogP contribution in [0.1, 0.15) is 27.2 Å². The summed E-state index contributed by atoms with van der Waals surface area (Å²) < 4.78 is 6.61. The standard InChI is InChI=1S/C16H22N2O4/c1-11(2)18(10-12(3)19)15(20)8-9-17-13-6-4-5-7-14(13)22-16(17)21/h4-7,11-12,19H,8-10H2,1-3H3. The Hall–Kier alpha value is -2.08. The predicted octanol–water partition coefficient (Wildman–Crippen LogP) is 1.60. The number of carbonyl (C=O) groups is 1. The fourth-order valence-electron chi connectivity index (χ4n) is 2.46. The number of aliphatic hydroxyl groups excluding tert-OH is 1. The molecule has 0 aliphatic rings. The van der Waals surface area contributed by atoms with Crippen LogP contribution in [0.2, 0.25) is 0 Å². The summed E-state index contributed by atoms with van der Waals surface area (Å²) in [4.78, 5) is 25.8. The SMILES string of the molecule is CC(O)CN(C(=O)CCn1c(=O)oc2ccccc21)C(C)C. The average Bonchev–Trinajstić information content (AvgIpc) is 2.77. The number of nitrogens with zero attached hydrogens (tertiary/aromatic N) is 2. The Kier molecular flexibility index (Phi) is 5.03. The number of carbonyl (C=O) groups excluding carboxylic acids is 1. The molecule has 6 nitrogen and oxygen atoms in total. The van der Waals surface area contributed by atoms with Crippen LogP contribution < -0.4 is 5.76 Å². The lowest BCUT2D eigenvalue weighted by molar-refractivity contribution is -0.134. The largest absolute Gasteiger partial charge is 0.419 e. The maximum absolute atomic E-state index is 12.3. The Morgan fingerprint density at radius 3 is 2.64 bits per heavy atom. The molecule has 0 aliphatic carbocycles. The lowest BCUT2D eigenvalue weighted by atomic mass is 10.2. The number of rotatable bonds is 6. The van der Waals surface area contributed by atoms with E-state index >= 15 is 0 Å². The predicted molar refractivity (Wildman–Crippen MR) is 83.6 cm³/mol. The van der Waals surface area contributed by atoms with Gasteiger partial charge in [-0.3, -0.25) is 9.36 Å². The van der Waals surface area contributed by atoms with Gasteiger partial charge in [0.05, 0.1) is 11.6 Å². The molecule has 1 N–H and O–H groups in total. The first-order valence-corrected chi connectivity index (χ1v) is 7.46. The van der Waals surface area contributed by atoms with E-state index < -0.39 is 11.9 Å². The summed E-state index contributed by atoms with van der Waals surface area (Å²) in [5, 5.41) is 9.49. The van der Waals surface area contributed by atoms with Crippen molar-refractivity contribution in [3.8, 4) is 0 Å². The van der Waals surface area contributed by atoms with E-state index in [1.165, 1.54) is 4.57 Å². The number of amides is 1. The average molecular weight is 306 g/mol. The summed E-state index contributed by atoms with van der Waals surface area (Å²) >= 11 is 0. The molecular formula is C16H22N2O4. The molecule has 1 atom stereocenters. The van der Waals surface area contributed by atoms with Gasteiger partial charge in [-0.15, -0.1) is 0 Å². The summed E-state index contributed by atoms with van der Waals surface area (Å²) in [5.41, 5.74) is 1.21. The van der Waals surface area contributed by atoms with E-state index in [1.807, 2.05) is 19.9 Å². The van der Waals surface area contributed by atoms with Crippen molar-refractivity contribution in [1.29, 1.82) is 0 Å². The maximum atomic E-state index is 12.3. The lowest BCUT2D eigenvalue weighted by Gasteiger charge is -2.28. The van der Waals surface area contributed by atoms with Crippen LogP contribution >= 0.6 is 0 Å². The molecule has 0 fully saturated rings. The van der Waals surface area contributed by atoms with Crippen LogP contribution in [-0.4, -0.2) is 39.2 Å². The number of aromatic nitrogens is 1. The van der Waals surface area contributed by atoms with Crippen LogP contribution in [0.4, 0.5) is 0 Å². The molecule has 0 aliphatic heterocycles. The van der Waals surface area contributed by atoms with E-state index in [1.54, 1.807) is 30.0 Å². The second kappa shape index (κ2) is 6.79. The van der Waals surface area contributed by atoms with Crippen LogP contribution in [0.3, 0.4) is 0 Å². The minimum atomic E-state index is -0.580. The van der Waals surface area contributed by atoms with Gasteiger partial charge in [0.1, 0.15) is 0 Å². The molecular weight excluding hydrogens is 284 g/mol. The smallest absolute Gasteiger partial charge is 0.408 e. The number of aryl methyl sites for hydroxylation is 1. The van der Waals surface area contributed by atoms with Crippen molar-refractivity contribution >= 4 is 17.0 Å². The Morgan fingerprint density at radius 1 is 1.32 bits per heavy atom. The molecule has 0 radical (unpaired) electrons. The Labute approximate surface area is 128 Å². The number of oxazole rings is 1. The van der Waals surface area contributed by atoms with Crippen molar-refractivity contribution < 1.29 is 14.3 Å². The third-order valence-electron chi connectivity index (χ3n) is 3.53. The molecule has 0 bridgehead atoms. The zero-order chi connectivity index (χ0) is 16.3. The molecule has 6 heteroatoms. The van der Waals surface area contributed by atoms with Crippen LogP contribution in [0.15, 0.2) is 33.5 Å². The minimum Gasteiger partial charge on any atom is -0.408 e. The fourth-order valence-corrected chi connectivity index (χ4v) is 2.46. The number of benzene rings is 1. The molecule has 2 rings (SSSR count). The first kappa shape index (κ1) is 16.3. The number of hydrogen-bond acceptors (Lipinski definition) is 4. The first-order chi connectivity index (χ1) is 10.4. The molecule has 0 spiro atoms. The van der Waals surface area contributed by atoms with E-state index in [0.717, 1.165) is 0 Å². The zero-order valence-corrected chi connectivity index (χ0v) is 13.2. The van der Waals surface area contributed by atoms with Crippen molar-refractivity contribution in [2.24, 2.45) is 0 Å². The van der Waals surface area contributed by atoms with E-state index in [0.29, 0.717) is 11.1 Å². The third-order valence-corrected chi connectivity index (χ3v) is 3.53. The number of fused-ring (bicyclic) bond motifs is 1. The van der Waals surface area contributed by atoms with Crippen LogP contribution in [-0.2, 0) is 11.3 Å². The van der Waals surface area contributed by atoms with Crippen molar-refractivity contribution in [3.63, 3.8) is 0 Å². The minimum absolute atomic E-state index is 0.0000779. The van der Waals surface area contributed by atoms with Gasteiger partial charge < -0.3 is 14.4 Å². The molecule has 1 unspecified atom stereocenters. The molecule has 0 saturated heterocycles. The van der Waals surface area contributed by atoms with Gasteiger partial charge in [-0.25, -0.2) is 4.79 Å². The second-order valence-electron chi connectivity index (χ2n) is 5.73. The topological polar surface area (TPSA) is 75.7 Å². The summed E-state index contributed by atoms with van der Waals surface area (Å²) in [6.07, 6.45) is -0.391. The van der Waals surface area contributed by atoms with Gasteiger partial charge in [0.2, 0.25) is 5.91 Å². The zero-order valence-electron chi connectivity index (χ0n) is 13.2. The highest BCUT2D eigenvalue weighted by Gasteiger charge is 2.19. The van der Waals surface area contributed by atoms with Gasteiger partial charge in [-0.2, -0.15) is 0 Å². The van der Waals surface area contributed by atoms with E-state index in [4.69, 9.17) is 4.42 Å². The quantitative estimate of drug-likeness (QED) is 0.879. The lowest BCUT2D eigenvalue weighted by Crippen LogP contribution is -2.41. The van der Waals surface area contributed by atoms with Gasteiger partial charge in [-0.05, 0) is 32.9 Å². The van der Waals surface area contributed by atoms with Crippen LogP contribution in [0.5, 0.6) is 0 Å². The number of hydrogen-bond donors (Lipinski definition) is 1. The molecule has 1 aromatic carbocycles. The highest BCUT2D eigenvalue weighted by Crippen LogP contribution is 2.13. The van der Waals surface area contributed by atoms with Gasteiger partial charge in [-0.1, -0.05) is 12.1 Å². The Bertz CT molecular complexity index is 699. The van der Waals surface area contributed by atoms with Gasteiger partial charge in [0.25, 0.3) is 0 Å². The normalized spacial score (nSPS) is 12.8. The Morgan fingerprint density at radius 2 is 2.00 bits per heavy atom. The second-order valence-corrected chi connectivity index (χ2v) is 5.73.